The van der Waals surface area contributed by atoms with Gasteiger partial charge in [0.15, 0.2) is 0 Å². The lowest BCUT2D eigenvalue weighted by Crippen LogP contribution is -2.62. The van der Waals surface area contributed by atoms with Crippen molar-refractivity contribution in [3.63, 3.8) is 0 Å². The molecule has 2 aliphatic heterocycles. The van der Waals surface area contributed by atoms with E-state index in [4.69, 9.17) is 5.73 Å². The van der Waals surface area contributed by atoms with Crippen LogP contribution >= 0.6 is 0 Å². The minimum Gasteiger partial charge on any atom is -0.371 e. The highest BCUT2D eigenvalue weighted by Crippen LogP contribution is 2.30. The number of hydrogen-bond donors (Lipinski definition) is 1. The van der Waals surface area contributed by atoms with Crippen molar-refractivity contribution in [2.45, 2.75) is 6.04 Å². The number of nitrogens with two attached hydrogens (primary N) is 1. The van der Waals surface area contributed by atoms with Crippen LogP contribution in [0.2, 0.25) is 0 Å². The SMILES string of the molecule is CN1CC2CN(c3cccc(F)c3)CC(C1)C2N. The quantitative estimate of drug-likeness (QED) is 0.810. The average Bonchev–Trinajstić information content (AvgIpc) is 2.31. The maximum atomic E-state index is 13.3. The number of fused-ring (bicyclic) bond motifs is 2. The van der Waals surface area contributed by atoms with Crippen LogP contribution < -0.4 is 10.6 Å². The van der Waals surface area contributed by atoms with Crippen LogP contribution in [0.15, 0.2) is 24.3 Å². The number of likely N-dealkylation sites (tertiary alicyclic amines) is 1. The molecule has 2 atom stereocenters. The molecule has 1 aromatic carbocycles. The molecule has 2 bridgehead atoms. The van der Waals surface area contributed by atoms with E-state index in [2.05, 4.69) is 16.8 Å². The molecular weight excluding hydrogens is 229 g/mol. The van der Waals surface area contributed by atoms with E-state index < -0.39 is 0 Å². The van der Waals surface area contributed by atoms with Crippen molar-refractivity contribution in [2.75, 3.05) is 38.1 Å². The van der Waals surface area contributed by atoms with Crippen molar-refractivity contribution in [2.24, 2.45) is 17.6 Å². The van der Waals surface area contributed by atoms with E-state index >= 15 is 0 Å². The molecule has 4 heteroatoms. The van der Waals surface area contributed by atoms with E-state index in [1.54, 1.807) is 12.1 Å². The van der Waals surface area contributed by atoms with Crippen molar-refractivity contribution >= 4 is 5.69 Å². The van der Waals surface area contributed by atoms with Gasteiger partial charge in [0.05, 0.1) is 0 Å². The molecule has 2 N–H and O–H groups in total. The first-order valence-corrected chi connectivity index (χ1v) is 6.58. The number of halogens is 1. The number of piperidine rings is 2. The number of benzene rings is 1. The molecule has 0 radical (unpaired) electrons. The fraction of sp³-hybridized carbons (Fsp3) is 0.571. The maximum Gasteiger partial charge on any atom is 0.125 e. The summed E-state index contributed by atoms with van der Waals surface area (Å²) in [5.74, 6) is 0.821. The van der Waals surface area contributed by atoms with Gasteiger partial charge in [-0.05, 0) is 25.2 Å². The van der Waals surface area contributed by atoms with Crippen molar-refractivity contribution in [1.82, 2.24) is 4.90 Å². The van der Waals surface area contributed by atoms with Gasteiger partial charge in [-0.3, -0.25) is 0 Å². The van der Waals surface area contributed by atoms with Gasteiger partial charge in [-0.15, -0.1) is 0 Å². The second-order valence-electron chi connectivity index (χ2n) is 5.70. The van der Waals surface area contributed by atoms with Crippen LogP contribution in [-0.4, -0.2) is 44.2 Å². The summed E-state index contributed by atoms with van der Waals surface area (Å²) in [6.45, 7) is 3.96. The van der Waals surface area contributed by atoms with Crippen LogP contribution in [-0.2, 0) is 0 Å². The Morgan fingerprint density at radius 1 is 1.17 bits per heavy atom. The lowest BCUT2D eigenvalue weighted by molar-refractivity contribution is 0.107. The highest BCUT2D eigenvalue weighted by Gasteiger charge is 2.39. The van der Waals surface area contributed by atoms with Crippen LogP contribution in [0.5, 0.6) is 0 Å². The van der Waals surface area contributed by atoms with Crippen LogP contribution in [0.3, 0.4) is 0 Å². The fourth-order valence-corrected chi connectivity index (χ4v) is 3.39. The summed E-state index contributed by atoms with van der Waals surface area (Å²) in [5.41, 5.74) is 7.28. The Labute approximate surface area is 107 Å². The van der Waals surface area contributed by atoms with Crippen molar-refractivity contribution in [1.29, 1.82) is 0 Å². The third-order valence-corrected chi connectivity index (χ3v) is 4.26. The molecule has 0 saturated carbocycles. The van der Waals surface area contributed by atoms with Crippen molar-refractivity contribution in [3.05, 3.63) is 30.1 Å². The molecule has 2 unspecified atom stereocenters. The smallest absolute Gasteiger partial charge is 0.125 e. The van der Waals surface area contributed by atoms with Gasteiger partial charge in [0, 0.05) is 49.7 Å². The fourth-order valence-electron chi connectivity index (χ4n) is 3.39. The zero-order valence-corrected chi connectivity index (χ0v) is 10.7. The Bertz CT molecular complexity index is 421. The van der Waals surface area contributed by atoms with Gasteiger partial charge >= 0.3 is 0 Å². The summed E-state index contributed by atoms with van der Waals surface area (Å²) in [4.78, 5) is 4.65. The third kappa shape index (κ3) is 2.10. The Morgan fingerprint density at radius 2 is 1.83 bits per heavy atom. The van der Waals surface area contributed by atoms with Crippen molar-refractivity contribution < 1.29 is 4.39 Å². The van der Waals surface area contributed by atoms with Gasteiger partial charge in [-0.1, -0.05) is 6.07 Å². The summed E-state index contributed by atoms with van der Waals surface area (Å²) in [6.07, 6.45) is 0. The Balaban J connectivity index is 1.81. The summed E-state index contributed by atoms with van der Waals surface area (Å²) in [5, 5.41) is 0. The lowest BCUT2D eigenvalue weighted by Gasteiger charge is -2.49. The van der Waals surface area contributed by atoms with E-state index in [0.717, 1.165) is 31.9 Å². The molecule has 3 nitrogen and oxygen atoms in total. The standard InChI is InChI=1S/C14H20FN3/c1-17-6-10-8-18(9-11(7-17)14(10)16)13-4-2-3-12(15)5-13/h2-5,10-11,14H,6-9,16H2,1H3. The van der Waals surface area contributed by atoms with E-state index in [1.807, 2.05) is 6.07 Å². The normalized spacial score (nSPS) is 32.6. The highest BCUT2D eigenvalue weighted by molar-refractivity contribution is 5.47. The largest absolute Gasteiger partial charge is 0.371 e. The molecule has 0 aromatic heterocycles. The van der Waals surface area contributed by atoms with E-state index in [1.165, 1.54) is 6.07 Å². The van der Waals surface area contributed by atoms with Gasteiger partial charge in [0.25, 0.3) is 0 Å². The van der Waals surface area contributed by atoms with Gasteiger partial charge in [-0.2, -0.15) is 0 Å². The molecule has 0 spiro atoms. The van der Waals surface area contributed by atoms with Gasteiger partial charge in [-0.25, -0.2) is 4.39 Å². The van der Waals surface area contributed by atoms with Crippen LogP contribution in [0.25, 0.3) is 0 Å². The Kier molecular flexibility index (Phi) is 2.99. The molecule has 2 saturated heterocycles. The third-order valence-electron chi connectivity index (χ3n) is 4.26. The van der Waals surface area contributed by atoms with E-state index in [0.29, 0.717) is 17.9 Å². The molecule has 3 rings (SSSR count). The summed E-state index contributed by atoms with van der Waals surface area (Å²) in [7, 11) is 2.16. The summed E-state index contributed by atoms with van der Waals surface area (Å²) >= 11 is 0. The average molecular weight is 249 g/mol. The van der Waals surface area contributed by atoms with Gasteiger partial charge < -0.3 is 15.5 Å². The second-order valence-corrected chi connectivity index (χ2v) is 5.70. The highest BCUT2D eigenvalue weighted by atomic mass is 19.1. The van der Waals surface area contributed by atoms with Crippen LogP contribution in [0, 0.1) is 17.7 Å². The van der Waals surface area contributed by atoms with Crippen LogP contribution in [0.4, 0.5) is 10.1 Å². The summed E-state index contributed by atoms with van der Waals surface area (Å²) in [6, 6.07) is 7.18. The first kappa shape index (κ1) is 11.9. The zero-order chi connectivity index (χ0) is 12.7. The van der Waals surface area contributed by atoms with Gasteiger partial charge in [0.2, 0.25) is 0 Å². The molecule has 98 valence electrons. The maximum absolute atomic E-state index is 13.3. The minimum atomic E-state index is -0.162. The van der Waals surface area contributed by atoms with Crippen molar-refractivity contribution in [3.8, 4) is 0 Å². The molecule has 2 heterocycles. The predicted molar refractivity (Wildman–Crippen MR) is 71.1 cm³/mol. The van der Waals surface area contributed by atoms with Gasteiger partial charge in [0.1, 0.15) is 5.82 Å². The zero-order valence-electron chi connectivity index (χ0n) is 10.7. The van der Waals surface area contributed by atoms with E-state index in [-0.39, 0.29) is 5.82 Å². The minimum absolute atomic E-state index is 0.162. The number of hydrogen-bond acceptors (Lipinski definition) is 3. The summed E-state index contributed by atoms with van der Waals surface area (Å²) < 4.78 is 13.3. The monoisotopic (exact) mass is 249 g/mol. The number of anilines is 1. The number of nitrogens with zero attached hydrogens (tertiary/aromatic N) is 2. The van der Waals surface area contributed by atoms with E-state index in [9.17, 15) is 4.39 Å². The van der Waals surface area contributed by atoms with Crippen LogP contribution in [0.1, 0.15) is 0 Å². The topological polar surface area (TPSA) is 32.5 Å². The molecule has 2 aliphatic rings. The molecule has 0 aliphatic carbocycles. The Morgan fingerprint density at radius 3 is 2.44 bits per heavy atom. The predicted octanol–water partition coefficient (Wildman–Crippen LogP) is 1.15. The second kappa shape index (κ2) is 4.52. The number of rotatable bonds is 1. The molecule has 18 heavy (non-hydrogen) atoms. The first-order valence-electron chi connectivity index (χ1n) is 6.58. The molecule has 2 fully saturated rings. The lowest BCUT2D eigenvalue weighted by atomic mass is 9.80. The molecule has 1 aromatic rings. The Hall–Kier alpha value is -1.13. The molecule has 0 amide bonds. The molecular formula is C14H20FN3. The first-order chi connectivity index (χ1) is 8.63.